The number of hydrogen-bond acceptors (Lipinski definition) is 2. The number of halogens is 2. The Labute approximate surface area is 123 Å². The van der Waals surface area contributed by atoms with Crippen LogP contribution in [-0.2, 0) is 6.42 Å². The first kappa shape index (κ1) is 15.4. The van der Waals surface area contributed by atoms with Crippen molar-refractivity contribution in [2.75, 3.05) is 6.61 Å². The molecule has 0 radical (unpaired) electrons. The molecule has 0 heterocycles. The van der Waals surface area contributed by atoms with Gasteiger partial charge in [-0.25, -0.2) is 8.78 Å². The molecule has 0 aliphatic carbocycles. The van der Waals surface area contributed by atoms with Crippen molar-refractivity contribution in [3.63, 3.8) is 0 Å². The average Bonchev–Trinajstić information content (AvgIpc) is 2.49. The van der Waals surface area contributed by atoms with Gasteiger partial charge in [-0.2, -0.15) is 0 Å². The number of ether oxygens (including phenoxy) is 1. The molecule has 112 valence electrons. The van der Waals surface area contributed by atoms with Crippen LogP contribution in [0.2, 0.25) is 0 Å². The van der Waals surface area contributed by atoms with E-state index in [-0.39, 0.29) is 12.2 Å². The molecule has 0 saturated carbocycles. The third kappa shape index (κ3) is 4.26. The maximum Gasteiger partial charge on any atom is 0.128 e. The molecule has 2 aromatic rings. The Morgan fingerprint density at radius 2 is 1.81 bits per heavy atom. The molecule has 1 atom stereocenters. The van der Waals surface area contributed by atoms with Crippen molar-refractivity contribution in [1.29, 1.82) is 0 Å². The number of nitrogens with two attached hydrogens (primary N) is 1. The van der Waals surface area contributed by atoms with Crippen LogP contribution in [0, 0.1) is 11.6 Å². The van der Waals surface area contributed by atoms with Crippen molar-refractivity contribution in [3.8, 4) is 5.75 Å². The van der Waals surface area contributed by atoms with E-state index in [9.17, 15) is 8.78 Å². The highest BCUT2D eigenvalue weighted by atomic mass is 19.1. The van der Waals surface area contributed by atoms with Crippen LogP contribution in [0.25, 0.3) is 0 Å². The molecule has 0 saturated heterocycles. The second-order valence-electron chi connectivity index (χ2n) is 4.98. The average molecular weight is 291 g/mol. The van der Waals surface area contributed by atoms with Crippen molar-refractivity contribution in [1.82, 2.24) is 0 Å². The third-order valence-corrected chi connectivity index (χ3v) is 3.25. The van der Waals surface area contributed by atoms with Gasteiger partial charge in [-0.05, 0) is 42.3 Å². The van der Waals surface area contributed by atoms with Crippen LogP contribution < -0.4 is 10.5 Å². The van der Waals surface area contributed by atoms with Gasteiger partial charge in [-0.3, -0.25) is 0 Å². The van der Waals surface area contributed by atoms with Gasteiger partial charge < -0.3 is 10.5 Å². The Hall–Kier alpha value is -1.94. The lowest BCUT2D eigenvalue weighted by atomic mass is 10.1. The minimum Gasteiger partial charge on any atom is -0.492 e. The molecule has 2 rings (SSSR count). The lowest BCUT2D eigenvalue weighted by molar-refractivity contribution is 0.287. The van der Waals surface area contributed by atoms with Crippen LogP contribution in [-0.4, -0.2) is 6.61 Å². The summed E-state index contributed by atoms with van der Waals surface area (Å²) in [6.45, 7) is 2.21. The van der Waals surface area contributed by atoms with Gasteiger partial charge in [0.1, 0.15) is 24.0 Å². The molecule has 0 fully saturated rings. The van der Waals surface area contributed by atoms with E-state index in [4.69, 9.17) is 10.5 Å². The van der Waals surface area contributed by atoms with Crippen LogP contribution >= 0.6 is 0 Å². The smallest absolute Gasteiger partial charge is 0.128 e. The van der Waals surface area contributed by atoms with Gasteiger partial charge in [-0.1, -0.05) is 25.5 Å². The summed E-state index contributed by atoms with van der Waals surface area (Å²) in [6, 6.07) is 10.2. The topological polar surface area (TPSA) is 35.2 Å². The van der Waals surface area contributed by atoms with Crippen molar-refractivity contribution >= 4 is 0 Å². The SMILES string of the molecule is CCCc1ccc(OCC(N)c2cc(F)ccc2F)cc1. The minimum absolute atomic E-state index is 0.0908. The first-order valence-corrected chi connectivity index (χ1v) is 7.02. The van der Waals surface area contributed by atoms with E-state index in [1.807, 2.05) is 24.3 Å². The van der Waals surface area contributed by atoms with Crippen LogP contribution in [0.15, 0.2) is 42.5 Å². The fourth-order valence-corrected chi connectivity index (χ4v) is 2.12. The summed E-state index contributed by atoms with van der Waals surface area (Å²) in [4.78, 5) is 0. The molecule has 0 bridgehead atoms. The van der Waals surface area contributed by atoms with E-state index in [0.717, 1.165) is 31.0 Å². The Morgan fingerprint density at radius 3 is 2.48 bits per heavy atom. The lowest BCUT2D eigenvalue weighted by Crippen LogP contribution is -2.20. The van der Waals surface area contributed by atoms with Crippen molar-refractivity contribution in [2.24, 2.45) is 5.73 Å². The largest absolute Gasteiger partial charge is 0.492 e. The number of aryl methyl sites for hydroxylation is 1. The molecule has 21 heavy (non-hydrogen) atoms. The first-order valence-electron chi connectivity index (χ1n) is 7.02. The van der Waals surface area contributed by atoms with Gasteiger partial charge in [-0.15, -0.1) is 0 Å². The fourth-order valence-electron chi connectivity index (χ4n) is 2.12. The molecule has 2 N–H and O–H groups in total. The van der Waals surface area contributed by atoms with Crippen LogP contribution in [0.1, 0.15) is 30.5 Å². The van der Waals surface area contributed by atoms with Gasteiger partial charge in [0.2, 0.25) is 0 Å². The predicted octanol–water partition coefficient (Wildman–Crippen LogP) is 4.00. The molecule has 0 aliphatic heterocycles. The van der Waals surface area contributed by atoms with Crippen LogP contribution in [0.4, 0.5) is 8.78 Å². The van der Waals surface area contributed by atoms with Gasteiger partial charge in [0.05, 0.1) is 6.04 Å². The molecule has 2 nitrogen and oxygen atoms in total. The second-order valence-corrected chi connectivity index (χ2v) is 4.98. The quantitative estimate of drug-likeness (QED) is 0.873. The first-order chi connectivity index (χ1) is 10.1. The number of rotatable bonds is 6. The zero-order chi connectivity index (χ0) is 15.2. The Morgan fingerprint density at radius 1 is 1.10 bits per heavy atom. The lowest BCUT2D eigenvalue weighted by Gasteiger charge is -2.14. The number of hydrogen-bond donors (Lipinski definition) is 1. The van der Waals surface area contributed by atoms with Crippen molar-refractivity contribution in [2.45, 2.75) is 25.8 Å². The summed E-state index contributed by atoms with van der Waals surface area (Å²) in [7, 11) is 0. The molecular formula is C17H19F2NO. The van der Waals surface area contributed by atoms with Gasteiger partial charge in [0, 0.05) is 5.56 Å². The van der Waals surface area contributed by atoms with Crippen LogP contribution in [0.5, 0.6) is 5.75 Å². The highest BCUT2D eigenvalue weighted by molar-refractivity contribution is 5.28. The minimum atomic E-state index is -0.712. The van der Waals surface area contributed by atoms with Crippen molar-refractivity contribution < 1.29 is 13.5 Å². The maximum atomic E-state index is 13.6. The molecule has 4 heteroatoms. The fraction of sp³-hybridized carbons (Fsp3) is 0.294. The van der Waals surface area contributed by atoms with E-state index < -0.39 is 17.7 Å². The summed E-state index contributed by atoms with van der Waals surface area (Å²) in [5.74, 6) is -0.362. The molecule has 0 aliphatic rings. The Bertz CT molecular complexity index is 584. The predicted molar refractivity (Wildman–Crippen MR) is 79.2 cm³/mol. The molecular weight excluding hydrogens is 272 g/mol. The molecule has 0 spiro atoms. The van der Waals surface area contributed by atoms with E-state index in [1.165, 1.54) is 5.56 Å². The summed E-state index contributed by atoms with van der Waals surface area (Å²) in [6.07, 6.45) is 2.11. The van der Waals surface area contributed by atoms with E-state index in [1.54, 1.807) is 0 Å². The highest BCUT2D eigenvalue weighted by Crippen LogP contribution is 2.19. The van der Waals surface area contributed by atoms with Gasteiger partial charge in [0.25, 0.3) is 0 Å². The highest BCUT2D eigenvalue weighted by Gasteiger charge is 2.13. The molecule has 2 aromatic carbocycles. The zero-order valence-corrected chi connectivity index (χ0v) is 12.0. The van der Waals surface area contributed by atoms with E-state index >= 15 is 0 Å². The molecule has 0 amide bonds. The standard InChI is InChI=1S/C17H19F2NO/c1-2-3-12-4-7-14(8-5-12)21-11-17(20)15-10-13(18)6-9-16(15)19/h4-10,17H,2-3,11,20H2,1H3. The summed E-state index contributed by atoms with van der Waals surface area (Å²) in [5, 5.41) is 0. The summed E-state index contributed by atoms with van der Waals surface area (Å²) in [5.41, 5.74) is 7.22. The van der Waals surface area contributed by atoms with E-state index in [0.29, 0.717) is 5.75 Å². The second kappa shape index (κ2) is 7.18. The summed E-state index contributed by atoms with van der Waals surface area (Å²) >= 11 is 0. The Kier molecular flexibility index (Phi) is 5.28. The van der Waals surface area contributed by atoms with Crippen molar-refractivity contribution in [3.05, 3.63) is 65.2 Å². The molecule has 0 aromatic heterocycles. The summed E-state index contributed by atoms with van der Waals surface area (Å²) < 4.78 is 32.2. The Balaban J connectivity index is 1.97. The maximum absolute atomic E-state index is 13.6. The molecule has 1 unspecified atom stereocenters. The van der Waals surface area contributed by atoms with Gasteiger partial charge in [0.15, 0.2) is 0 Å². The third-order valence-electron chi connectivity index (χ3n) is 3.25. The van der Waals surface area contributed by atoms with E-state index in [2.05, 4.69) is 6.92 Å². The number of benzene rings is 2. The van der Waals surface area contributed by atoms with Crippen LogP contribution in [0.3, 0.4) is 0 Å². The normalized spacial score (nSPS) is 12.2. The zero-order valence-electron chi connectivity index (χ0n) is 12.0. The monoisotopic (exact) mass is 291 g/mol. The van der Waals surface area contributed by atoms with Gasteiger partial charge >= 0.3 is 0 Å².